The number of aryl methyl sites for hydroxylation is 1. The minimum Gasteiger partial charge on any atom is -0.497 e. The summed E-state index contributed by atoms with van der Waals surface area (Å²) < 4.78 is 17.8. The number of fused-ring (bicyclic) bond motifs is 5. The number of hydrogen-bond acceptors (Lipinski definition) is 8. The van der Waals surface area contributed by atoms with Crippen LogP contribution in [0.5, 0.6) is 11.6 Å². The molecule has 6 atom stereocenters. The second-order valence-electron chi connectivity index (χ2n) is 13.5. The minimum atomic E-state index is -1.13. The number of aromatic nitrogens is 2. The molecule has 0 radical (unpaired) electrons. The fourth-order valence-corrected chi connectivity index (χ4v) is 6.61. The molecule has 11 nitrogen and oxygen atoms in total. The third kappa shape index (κ3) is 6.35. The molecule has 11 heteroatoms. The summed E-state index contributed by atoms with van der Waals surface area (Å²) >= 11 is 0. The van der Waals surface area contributed by atoms with Crippen molar-refractivity contribution >= 4 is 29.0 Å². The molecule has 3 heterocycles. The van der Waals surface area contributed by atoms with Gasteiger partial charge in [0.25, 0.3) is 0 Å². The molecule has 3 aliphatic rings. The predicted octanol–water partition coefficient (Wildman–Crippen LogP) is 4.74. The number of methoxy groups -OCH3 is 1. The van der Waals surface area contributed by atoms with E-state index < -0.39 is 53.1 Å². The Morgan fingerprint density at radius 1 is 1.19 bits per heavy atom. The normalized spacial score (nSPS) is 30.2. The van der Waals surface area contributed by atoms with Crippen molar-refractivity contribution in [2.24, 2.45) is 17.3 Å². The average molecular weight is 597 g/mol. The summed E-state index contributed by atoms with van der Waals surface area (Å²) in [4.78, 5) is 51.0. The molecule has 0 spiro atoms. The lowest BCUT2D eigenvalue weighted by molar-refractivity contribution is -0.151. The lowest BCUT2D eigenvalue weighted by atomic mass is 9.85. The van der Waals surface area contributed by atoms with E-state index in [0.29, 0.717) is 35.7 Å². The van der Waals surface area contributed by atoms with Crippen molar-refractivity contribution in [1.82, 2.24) is 20.2 Å². The topological polar surface area (TPSA) is 140 Å². The van der Waals surface area contributed by atoms with E-state index in [4.69, 9.17) is 24.2 Å². The molecule has 1 aromatic heterocycles. The number of carbonyl (C=O) groups excluding carboxylic acids is 2. The fraction of sp³-hybridized carbons (Fsp3) is 0.656. The highest BCUT2D eigenvalue weighted by atomic mass is 16.6. The second kappa shape index (κ2) is 11.8. The number of hydrogen-bond donors (Lipinski definition) is 2. The number of rotatable bonds is 3. The fourth-order valence-electron chi connectivity index (χ4n) is 6.61. The number of carboxylic acids is 1. The number of carboxylic acid groups (broad SMARTS) is 1. The first-order valence-electron chi connectivity index (χ1n) is 15.4. The summed E-state index contributed by atoms with van der Waals surface area (Å²) in [5, 5.41) is 13.1. The largest absolute Gasteiger partial charge is 0.497 e. The number of alkyl carbamates (subject to hydrolysis) is 1. The van der Waals surface area contributed by atoms with Crippen molar-refractivity contribution in [3.8, 4) is 11.6 Å². The van der Waals surface area contributed by atoms with Crippen LogP contribution < -0.4 is 14.8 Å². The average Bonchev–Trinajstić information content (AvgIpc) is 3.41. The van der Waals surface area contributed by atoms with Crippen LogP contribution in [0.25, 0.3) is 11.0 Å². The highest BCUT2D eigenvalue weighted by Crippen LogP contribution is 2.49. The molecule has 2 fully saturated rings. The van der Waals surface area contributed by atoms with Gasteiger partial charge in [0.15, 0.2) is 0 Å². The number of carbonyl (C=O) groups is 3. The molecule has 43 heavy (non-hydrogen) atoms. The van der Waals surface area contributed by atoms with Gasteiger partial charge in [-0.05, 0) is 56.6 Å². The van der Waals surface area contributed by atoms with Crippen LogP contribution in [-0.2, 0) is 20.7 Å². The van der Waals surface area contributed by atoms with Gasteiger partial charge in [-0.15, -0.1) is 0 Å². The molecule has 1 saturated heterocycles. The van der Waals surface area contributed by atoms with E-state index in [1.807, 2.05) is 46.8 Å². The Morgan fingerprint density at radius 3 is 2.63 bits per heavy atom. The number of nitrogens with one attached hydrogen (secondary N) is 1. The molecular weight excluding hydrogens is 552 g/mol. The molecule has 2 aromatic rings. The lowest BCUT2D eigenvalue weighted by Gasteiger charge is -2.35. The van der Waals surface area contributed by atoms with E-state index in [1.54, 1.807) is 13.2 Å². The molecule has 2 aliphatic heterocycles. The second-order valence-corrected chi connectivity index (χ2v) is 13.5. The van der Waals surface area contributed by atoms with Crippen molar-refractivity contribution in [2.45, 2.75) is 103 Å². The van der Waals surface area contributed by atoms with Gasteiger partial charge in [0, 0.05) is 17.9 Å². The summed E-state index contributed by atoms with van der Waals surface area (Å²) in [6.07, 6.45) is 4.35. The number of benzene rings is 1. The SMILES string of the molecule is CC[C@@H]1[C@@H]2CN(C(=O)[C@H](C(C)(C)C)NC(=O)O[C@]3(C)C[C@H]3CCCCCc3nc4ccc(OC)cc4nc3O2)[C@@H]1C(=O)O. The third-order valence-corrected chi connectivity index (χ3v) is 9.30. The third-order valence-electron chi connectivity index (χ3n) is 9.30. The molecule has 2 amide bonds. The first-order valence-corrected chi connectivity index (χ1v) is 15.4. The number of aliphatic carboxylic acids is 1. The molecule has 5 rings (SSSR count). The minimum absolute atomic E-state index is 0.0364. The molecule has 1 aliphatic carbocycles. The quantitative estimate of drug-likeness (QED) is 0.514. The Hall–Kier alpha value is -3.63. The smallest absolute Gasteiger partial charge is 0.408 e. The zero-order valence-corrected chi connectivity index (χ0v) is 26.0. The molecule has 2 bridgehead atoms. The Labute approximate surface area is 252 Å². The number of amides is 2. The van der Waals surface area contributed by atoms with E-state index in [9.17, 15) is 19.5 Å². The van der Waals surface area contributed by atoms with Gasteiger partial charge in [0.1, 0.15) is 35.2 Å². The maximum atomic E-state index is 14.1. The van der Waals surface area contributed by atoms with Gasteiger partial charge in [0.05, 0.1) is 24.7 Å². The number of nitrogens with zero attached hydrogens (tertiary/aromatic N) is 3. The van der Waals surface area contributed by atoms with Gasteiger partial charge in [-0.3, -0.25) is 4.79 Å². The summed E-state index contributed by atoms with van der Waals surface area (Å²) in [5.74, 6) is -0.838. The summed E-state index contributed by atoms with van der Waals surface area (Å²) in [6, 6.07) is 3.38. The van der Waals surface area contributed by atoms with Gasteiger partial charge in [-0.1, -0.05) is 40.5 Å². The number of ether oxygens (including phenoxy) is 3. The maximum Gasteiger partial charge on any atom is 0.408 e. The molecule has 2 N–H and O–H groups in total. The van der Waals surface area contributed by atoms with Crippen molar-refractivity contribution in [3.63, 3.8) is 0 Å². The van der Waals surface area contributed by atoms with Crippen LogP contribution >= 0.6 is 0 Å². The first-order chi connectivity index (χ1) is 20.3. The van der Waals surface area contributed by atoms with Crippen LogP contribution in [0.3, 0.4) is 0 Å². The van der Waals surface area contributed by atoms with Crippen LogP contribution in [-0.4, -0.2) is 75.4 Å². The van der Waals surface area contributed by atoms with Gasteiger partial charge in [-0.2, -0.15) is 0 Å². The van der Waals surface area contributed by atoms with Crippen LogP contribution in [0, 0.1) is 17.3 Å². The van der Waals surface area contributed by atoms with Gasteiger partial charge < -0.3 is 29.5 Å². The predicted molar refractivity (Wildman–Crippen MR) is 159 cm³/mol. The highest BCUT2D eigenvalue weighted by Gasteiger charge is 2.55. The maximum absolute atomic E-state index is 14.1. The summed E-state index contributed by atoms with van der Waals surface area (Å²) in [7, 11) is 1.59. The Balaban J connectivity index is 1.54. The van der Waals surface area contributed by atoms with Crippen LogP contribution in [0.15, 0.2) is 18.2 Å². The van der Waals surface area contributed by atoms with Crippen LogP contribution in [0.2, 0.25) is 0 Å². The van der Waals surface area contributed by atoms with Gasteiger partial charge in [0.2, 0.25) is 11.8 Å². The van der Waals surface area contributed by atoms with Crippen molar-refractivity contribution in [3.05, 3.63) is 23.9 Å². The van der Waals surface area contributed by atoms with Crippen molar-refractivity contribution in [1.29, 1.82) is 0 Å². The van der Waals surface area contributed by atoms with E-state index in [1.165, 1.54) is 4.90 Å². The van der Waals surface area contributed by atoms with Gasteiger partial charge in [-0.25, -0.2) is 19.6 Å². The van der Waals surface area contributed by atoms with Crippen LogP contribution in [0.4, 0.5) is 4.79 Å². The highest BCUT2D eigenvalue weighted by molar-refractivity contribution is 5.91. The zero-order chi connectivity index (χ0) is 31.1. The van der Waals surface area contributed by atoms with Gasteiger partial charge >= 0.3 is 12.1 Å². The van der Waals surface area contributed by atoms with E-state index in [0.717, 1.165) is 37.6 Å². The summed E-state index contributed by atoms with van der Waals surface area (Å²) in [6.45, 7) is 9.38. The Bertz CT molecular complexity index is 1390. The Morgan fingerprint density at radius 2 is 1.95 bits per heavy atom. The molecular formula is C32H44N4O7. The zero-order valence-electron chi connectivity index (χ0n) is 26.0. The van der Waals surface area contributed by atoms with Crippen molar-refractivity contribution in [2.75, 3.05) is 13.7 Å². The first kappa shape index (κ1) is 30.8. The molecule has 1 saturated carbocycles. The Kier molecular flexibility index (Phi) is 8.46. The monoisotopic (exact) mass is 596 g/mol. The molecule has 0 unspecified atom stereocenters. The van der Waals surface area contributed by atoms with E-state index >= 15 is 0 Å². The van der Waals surface area contributed by atoms with Crippen LogP contribution in [0.1, 0.15) is 78.8 Å². The lowest BCUT2D eigenvalue weighted by Crippen LogP contribution is -2.57. The summed E-state index contributed by atoms with van der Waals surface area (Å²) in [5.41, 5.74) is 0.768. The standard InChI is InChI=1S/C32H44N4O7/c1-7-20-24-17-36(25(20)29(38)39)28(37)26(31(2,3)4)35-30(40)43-32(5)16-18(32)11-9-8-10-12-22-27(42-24)34-23-15-19(41-6)13-14-21(23)33-22/h13-15,18,20,24-26H,7-12,16-17H2,1-6H3,(H,35,40)(H,38,39)/t18-,20-,24+,25+,26-,32-/m1/s1. The molecule has 1 aromatic carbocycles. The van der Waals surface area contributed by atoms with E-state index in [-0.39, 0.29) is 12.5 Å². The van der Waals surface area contributed by atoms with E-state index in [2.05, 4.69) is 5.32 Å². The molecule has 234 valence electrons. The van der Waals surface area contributed by atoms with Crippen molar-refractivity contribution < 1.29 is 33.7 Å².